The molecule has 1 rings (SSSR count). The number of alkyl halides is 5. The van der Waals surface area contributed by atoms with Gasteiger partial charge >= 0.3 is 12.1 Å². The zero-order chi connectivity index (χ0) is 13.4. The van der Waals surface area contributed by atoms with Crippen LogP contribution in [0.3, 0.4) is 0 Å². The van der Waals surface area contributed by atoms with Crippen LogP contribution in [0.5, 0.6) is 0 Å². The fourth-order valence-electron chi connectivity index (χ4n) is 1.34. The molecular formula is C11H12F5N. The van der Waals surface area contributed by atoms with Gasteiger partial charge in [-0.1, -0.05) is 18.2 Å². The van der Waals surface area contributed by atoms with Crippen molar-refractivity contribution in [1.29, 1.82) is 0 Å². The second-order valence-electron chi connectivity index (χ2n) is 3.94. The summed E-state index contributed by atoms with van der Waals surface area (Å²) in [5.41, 5.74) is 6.20. The van der Waals surface area contributed by atoms with Gasteiger partial charge in [-0.05, 0) is 30.5 Å². The first-order valence-electron chi connectivity index (χ1n) is 4.84. The van der Waals surface area contributed by atoms with Crippen molar-refractivity contribution in [1.82, 2.24) is 0 Å². The van der Waals surface area contributed by atoms with E-state index in [0.29, 0.717) is 5.56 Å². The Morgan fingerprint density at radius 1 is 1.00 bits per heavy atom. The highest BCUT2D eigenvalue weighted by molar-refractivity contribution is 5.32. The Balaban J connectivity index is 3.12. The van der Waals surface area contributed by atoms with Crippen molar-refractivity contribution in [3.8, 4) is 0 Å². The second-order valence-corrected chi connectivity index (χ2v) is 3.94. The van der Waals surface area contributed by atoms with Crippen molar-refractivity contribution < 1.29 is 22.0 Å². The lowest BCUT2D eigenvalue weighted by atomic mass is 9.97. The van der Waals surface area contributed by atoms with Gasteiger partial charge < -0.3 is 5.73 Å². The topological polar surface area (TPSA) is 26.0 Å². The molecule has 0 saturated heterocycles. The Labute approximate surface area is 95.4 Å². The van der Waals surface area contributed by atoms with E-state index in [-0.39, 0.29) is 5.56 Å². The number of nitrogens with two attached hydrogens (primary N) is 1. The molecular weight excluding hydrogens is 241 g/mol. The predicted molar refractivity (Wildman–Crippen MR) is 53.8 cm³/mol. The number of hydrogen-bond acceptors (Lipinski definition) is 1. The van der Waals surface area contributed by atoms with Crippen molar-refractivity contribution in [3.63, 3.8) is 0 Å². The summed E-state index contributed by atoms with van der Waals surface area (Å²) >= 11 is 0. The minimum absolute atomic E-state index is 0.226. The van der Waals surface area contributed by atoms with E-state index < -0.39 is 18.1 Å². The van der Waals surface area contributed by atoms with Gasteiger partial charge in [0, 0.05) is 0 Å². The van der Waals surface area contributed by atoms with Gasteiger partial charge in [-0.15, -0.1) is 0 Å². The molecule has 0 radical (unpaired) electrons. The van der Waals surface area contributed by atoms with Crippen LogP contribution in [-0.2, 0) is 0 Å². The molecule has 0 saturated carbocycles. The average molecular weight is 253 g/mol. The molecule has 0 aliphatic rings. The van der Waals surface area contributed by atoms with E-state index in [1.165, 1.54) is 18.2 Å². The standard InChI is InChI=1S/C11H12F5N/c1-6-3-4-8(5-7(6)2)9(17)10(12,13)11(14,15)16/h3-5,9H,17H2,1-2H3/t9-/m1/s1. The van der Waals surface area contributed by atoms with Crippen LogP contribution in [0.1, 0.15) is 22.7 Å². The molecule has 17 heavy (non-hydrogen) atoms. The number of aryl methyl sites for hydroxylation is 2. The fourth-order valence-corrected chi connectivity index (χ4v) is 1.34. The largest absolute Gasteiger partial charge is 0.455 e. The van der Waals surface area contributed by atoms with E-state index in [4.69, 9.17) is 5.73 Å². The van der Waals surface area contributed by atoms with Crippen molar-refractivity contribution in [3.05, 3.63) is 34.9 Å². The first-order valence-corrected chi connectivity index (χ1v) is 4.84. The third-order valence-electron chi connectivity index (χ3n) is 2.66. The third kappa shape index (κ3) is 2.57. The summed E-state index contributed by atoms with van der Waals surface area (Å²) in [4.78, 5) is 0. The third-order valence-corrected chi connectivity index (χ3v) is 2.66. The minimum Gasteiger partial charge on any atom is -0.319 e. The van der Waals surface area contributed by atoms with Gasteiger partial charge in [0.2, 0.25) is 0 Å². The van der Waals surface area contributed by atoms with Gasteiger partial charge in [0.05, 0.1) is 0 Å². The van der Waals surface area contributed by atoms with Gasteiger partial charge in [-0.2, -0.15) is 22.0 Å². The molecule has 1 aromatic rings. The van der Waals surface area contributed by atoms with Crippen molar-refractivity contribution in [2.24, 2.45) is 5.73 Å². The Bertz CT molecular complexity index is 411. The predicted octanol–water partition coefficient (Wildman–Crippen LogP) is 3.50. The van der Waals surface area contributed by atoms with Gasteiger partial charge in [0.15, 0.2) is 0 Å². The van der Waals surface area contributed by atoms with Crippen molar-refractivity contribution in [2.45, 2.75) is 32.0 Å². The first-order chi connectivity index (χ1) is 7.57. The molecule has 0 aliphatic heterocycles. The first kappa shape index (κ1) is 13.9. The lowest BCUT2D eigenvalue weighted by Gasteiger charge is -2.26. The molecule has 96 valence electrons. The minimum atomic E-state index is -5.65. The smallest absolute Gasteiger partial charge is 0.319 e. The monoisotopic (exact) mass is 253 g/mol. The maximum Gasteiger partial charge on any atom is 0.455 e. The Morgan fingerprint density at radius 2 is 1.53 bits per heavy atom. The quantitative estimate of drug-likeness (QED) is 0.802. The summed E-state index contributed by atoms with van der Waals surface area (Å²) < 4.78 is 62.3. The van der Waals surface area contributed by atoms with Crippen LogP contribution in [-0.4, -0.2) is 12.1 Å². The highest BCUT2D eigenvalue weighted by Crippen LogP contribution is 2.43. The molecule has 0 amide bonds. The molecule has 0 spiro atoms. The lowest BCUT2D eigenvalue weighted by molar-refractivity contribution is -0.291. The van der Waals surface area contributed by atoms with Gasteiger partial charge in [0.25, 0.3) is 0 Å². The number of halogens is 5. The Kier molecular flexibility index (Phi) is 3.47. The van der Waals surface area contributed by atoms with E-state index >= 15 is 0 Å². The molecule has 0 aromatic heterocycles. The second kappa shape index (κ2) is 4.25. The number of benzene rings is 1. The molecule has 1 aromatic carbocycles. The number of hydrogen-bond donors (Lipinski definition) is 1. The summed E-state index contributed by atoms with van der Waals surface area (Å²) in [7, 11) is 0. The van der Waals surface area contributed by atoms with Crippen LogP contribution >= 0.6 is 0 Å². The molecule has 0 fully saturated rings. The average Bonchev–Trinajstić information content (AvgIpc) is 2.19. The van der Waals surface area contributed by atoms with E-state index in [1.807, 2.05) is 0 Å². The highest BCUT2D eigenvalue weighted by atomic mass is 19.4. The summed E-state index contributed by atoms with van der Waals surface area (Å²) in [6.45, 7) is 3.35. The summed E-state index contributed by atoms with van der Waals surface area (Å²) in [6.07, 6.45) is -5.65. The van der Waals surface area contributed by atoms with Gasteiger partial charge in [-0.25, -0.2) is 0 Å². The SMILES string of the molecule is Cc1ccc([C@@H](N)C(F)(F)C(F)(F)F)cc1C. The van der Waals surface area contributed by atoms with Crippen LogP contribution in [0.4, 0.5) is 22.0 Å². The van der Waals surface area contributed by atoms with Crippen LogP contribution < -0.4 is 5.73 Å². The molecule has 0 heterocycles. The molecule has 1 nitrogen and oxygen atoms in total. The molecule has 0 unspecified atom stereocenters. The van der Waals surface area contributed by atoms with E-state index in [9.17, 15) is 22.0 Å². The maximum absolute atomic E-state index is 13.0. The lowest BCUT2D eigenvalue weighted by Crippen LogP contribution is -2.45. The molecule has 2 N–H and O–H groups in total. The zero-order valence-corrected chi connectivity index (χ0v) is 9.28. The molecule has 0 aliphatic carbocycles. The summed E-state index contributed by atoms with van der Waals surface area (Å²) in [5, 5.41) is 0. The zero-order valence-electron chi connectivity index (χ0n) is 9.28. The Morgan fingerprint density at radius 3 is 1.94 bits per heavy atom. The van der Waals surface area contributed by atoms with Crippen LogP contribution in [0.2, 0.25) is 0 Å². The van der Waals surface area contributed by atoms with Crippen molar-refractivity contribution in [2.75, 3.05) is 0 Å². The number of rotatable bonds is 2. The molecule has 0 bridgehead atoms. The maximum atomic E-state index is 13.0. The summed E-state index contributed by atoms with van der Waals surface area (Å²) in [5.74, 6) is -4.94. The van der Waals surface area contributed by atoms with Crippen LogP contribution in [0.25, 0.3) is 0 Å². The molecule has 1 atom stereocenters. The van der Waals surface area contributed by atoms with E-state index in [2.05, 4.69) is 0 Å². The Hall–Kier alpha value is -1.17. The fraction of sp³-hybridized carbons (Fsp3) is 0.455. The van der Waals surface area contributed by atoms with E-state index in [0.717, 1.165) is 5.56 Å². The summed E-state index contributed by atoms with van der Waals surface area (Å²) in [6, 6.07) is 1.52. The van der Waals surface area contributed by atoms with E-state index in [1.54, 1.807) is 13.8 Å². The van der Waals surface area contributed by atoms with Crippen molar-refractivity contribution >= 4 is 0 Å². The molecule has 6 heteroatoms. The normalized spacial score (nSPS) is 14.8. The highest BCUT2D eigenvalue weighted by Gasteiger charge is 2.61. The van der Waals surface area contributed by atoms with Crippen LogP contribution in [0, 0.1) is 13.8 Å². The van der Waals surface area contributed by atoms with Gasteiger partial charge in [0.1, 0.15) is 6.04 Å². The van der Waals surface area contributed by atoms with Gasteiger partial charge in [-0.3, -0.25) is 0 Å². The van der Waals surface area contributed by atoms with Crippen LogP contribution in [0.15, 0.2) is 18.2 Å².